The molecule has 3 rings (SSSR count). The first-order valence-corrected chi connectivity index (χ1v) is 7.78. The van der Waals surface area contributed by atoms with Gasteiger partial charge in [-0.1, -0.05) is 35.9 Å². The fraction of sp³-hybridized carbons (Fsp3) is 0.0625. The van der Waals surface area contributed by atoms with Crippen LogP contribution in [0.5, 0.6) is 5.75 Å². The van der Waals surface area contributed by atoms with Gasteiger partial charge in [0.1, 0.15) is 10.6 Å². The number of carbonyl (C=O) groups is 1. The van der Waals surface area contributed by atoms with Crippen LogP contribution < -0.4 is 10.1 Å². The van der Waals surface area contributed by atoms with Crippen molar-refractivity contribution in [2.45, 2.75) is 6.61 Å². The summed E-state index contributed by atoms with van der Waals surface area (Å²) < 4.78 is 30.1. The number of nitrogens with one attached hydrogen (secondary N) is 1. The molecule has 0 atom stereocenters. The lowest BCUT2D eigenvalue weighted by atomic mass is 10.2. The summed E-state index contributed by atoms with van der Waals surface area (Å²) in [5.74, 6) is -0.442. The Labute approximate surface area is 139 Å². The number of hydrogen-bond acceptors (Lipinski definition) is 3. The monoisotopic (exact) mass is 353 g/mol. The molecule has 0 saturated heterocycles. The van der Waals surface area contributed by atoms with Gasteiger partial charge in [0.15, 0.2) is 0 Å². The average Bonchev–Trinajstić information content (AvgIpc) is 2.86. The number of carbonyl (C=O) groups excluding carboxylic acids is 1. The lowest BCUT2D eigenvalue weighted by molar-refractivity contribution is -0.0487. The van der Waals surface area contributed by atoms with Gasteiger partial charge in [-0.2, -0.15) is 8.78 Å². The topological polar surface area (TPSA) is 38.3 Å². The molecule has 0 unspecified atom stereocenters. The van der Waals surface area contributed by atoms with Gasteiger partial charge >= 0.3 is 6.61 Å². The number of thiophene rings is 1. The summed E-state index contributed by atoms with van der Waals surface area (Å²) in [6, 6.07) is 13.6. The Morgan fingerprint density at radius 1 is 1.13 bits per heavy atom. The number of benzene rings is 2. The van der Waals surface area contributed by atoms with Crippen LogP contribution in [-0.4, -0.2) is 12.5 Å². The van der Waals surface area contributed by atoms with Crippen LogP contribution in [0.4, 0.5) is 14.5 Å². The van der Waals surface area contributed by atoms with Gasteiger partial charge in [-0.3, -0.25) is 4.79 Å². The highest BCUT2D eigenvalue weighted by Crippen LogP contribution is 2.41. The summed E-state index contributed by atoms with van der Waals surface area (Å²) in [6.07, 6.45) is 0. The van der Waals surface area contributed by atoms with Crippen molar-refractivity contribution in [3.05, 3.63) is 58.4 Å². The third-order valence-electron chi connectivity index (χ3n) is 3.07. The molecule has 0 spiro atoms. The standard InChI is InChI=1S/C16H10ClF2NO2S/c17-13-12-10(22-16(18)19)7-4-8-11(12)23-14(13)15(21)20-9-5-2-1-3-6-9/h1-8,16H,(H,20,21). The van der Waals surface area contributed by atoms with Gasteiger partial charge < -0.3 is 10.1 Å². The number of rotatable bonds is 4. The van der Waals surface area contributed by atoms with Crippen LogP contribution in [0.2, 0.25) is 5.02 Å². The molecule has 0 aliphatic heterocycles. The van der Waals surface area contributed by atoms with Crippen molar-refractivity contribution in [1.82, 2.24) is 0 Å². The molecule has 1 aromatic heterocycles. The Morgan fingerprint density at radius 2 is 1.87 bits per heavy atom. The van der Waals surface area contributed by atoms with Crippen molar-refractivity contribution in [1.29, 1.82) is 0 Å². The highest BCUT2D eigenvalue weighted by Gasteiger charge is 2.21. The van der Waals surface area contributed by atoms with Crippen LogP contribution in [0, 0.1) is 0 Å². The number of amides is 1. The lowest BCUT2D eigenvalue weighted by Crippen LogP contribution is -2.10. The minimum atomic E-state index is -2.96. The van der Waals surface area contributed by atoms with Crippen LogP contribution in [0.25, 0.3) is 10.1 Å². The Balaban J connectivity index is 1.99. The molecule has 0 fully saturated rings. The molecular weight excluding hydrogens is 344 g/mol. The third-order valence-corrected chi connectivity index (χ3v) is 4.72. The summed E-state index contributed by atoms with van der Waals surface area (Å²) >= 11 is 7.36. The number of anilines is 1. The lowest BCUT2D eigenvalue weighted by Gasteiger charge is -2.06. The molecular formula is C16H10ClF2NO2S. The number of alkyl halides is 2. The molecule has 1 heterocycles. The Bertz CT molecular complexity index is 852. The van der Waals surface area contributed by atoms with Crippen LogP contribution in [0.1, 0.15) is 9.67 Å². The predicted octanol–water partition coefficient (Wildman–Crippen LogP) is 5.41. The fourth-order valence-electron chi connectivity index (χ4n) is 2.13. The second-order valence-corrected chi connectivity index (χ2v) is 6.00. The Morgan fingerprint density at radius 3 is 2.57 bits per heavy atom. The van der Waals surface area contributed by atoms with Crippen molar-refractivity contribution in [3.63, 3.8) is 0 Å². The smallest absolute Gasteiger partial charge is 0.387 e. The van der Waals surface area contributed by atoms with Crippen molar-refractivity contribution < 1.29 is 18.3 Å². The quantitative estimate of drug-likeness (QED) is 0.681. The summed E-state index contributed by atoms with van der Waals surface area (Å²) in [5.41, 5.74) is 0.620. The van der Waals surface area contributed by atoms with E-state index in [0.717, 1.165) is 11.3 Å². The van der Waals surface area contributed by atoms with Crippen LogP contribution in [0.15, 0.2) is 48.5 Å². The first-order valence-electron chi connectivity index (χ1n) is 6.58. The van der Waals surface area contributed by atoms with E-state index in [4.69, 9.17) is 11.6 Å². The fourth-order valence-corrected chi connectivity index (χ4v) is 3.59. The number of halogens is 3. The molecule has 0 aliphatic carbocycles. The first kappa shape index (κ1) is 15.7. The van der Waals surface area contributed by atoms with E-state index < -0.39 is 12.5 Å². The largest absolute Gasteiger partial charge is 0.434 e. The predicted molar refractivity (Wildman–Crippen MR) is 87.9 cm³/mol. The third kappa shape index (κ3) is 3.28. The minimum absolute atomic E-state index is 0.0440. The molecule has 0 radical (unpaired) electrons. The molecule has 0 saturated carbocycles. The van der Waals surface area contributed by atoms with E-state index in [0.29, 0.717) is 15.8 Å². The van der Waals surface area contributed by atoms with Gasteiger partial charge in [-0.05, 0) is 24.3 Å². The number of para-hydroxylation sites is 1. The molecule has 3 aromatic rings. The molecule has 2 aromatic carbocycles. The van der Waals surface area contributed by atoms with Crippen LogP contribution in [0.3, 0.4) is 0 Å². The second-order valence-electron chi connectivity index (χ2n) is 4.57. The second kappa shape index (κ2) is 6.52. The Kier molecular flexibility index (Phi) is 4.45. The van der Waals surface area contributed by atoms with Gasteiger partial charge in [0.05, 0.1) is 10.4 Å². The van der Waals surface area contributed by atoms with Gasteiger partial charge in [0.2, 0.25) is 0 Å². The van der Waals surface area contributed by atoms with Crippen LogP contribution in [-0.2, 0) is 0 Å². The summed E-state index contributed by atoms with van der Waals surface area (Å²) in [4.78, 5) is 12.6. The maximum atomic E-state index is 12.5. The average molecular weight is 354 g/mol. The van der Waals surface area contributed by atoms with E-state index in [1.165, 1.54) is 6.07 Å². The van der Waals surface area contributed by atoms with Crippen molar-refractivity contribution >= 4 is 44.6 Å². The molecule has 1 amide bonds. The number of fused-ring (bicyclic) bond motifs is 1. The normalized spacial score (nSPS) is 11.0. The van der Waals surface area contributed by atoms with E-state index in [1.54, 1.807) is 36.4 Å². The molecule has 7 heteroatoms. The van der Waals surface area contributed by atoms with Crippen molar-refractivity contribution in [2.24, 2.45) is 0 Å². The molecule has 118 valence electrons. The zero-order valence-electron chi connectivity index (χ0n) is 11.6. The summed E-state index contributed by atoms with van der Waals surface area (Å²) in [5, 5.41) is 3.14. The van der Waals surface area contributed by atoms with Gasteiger partial charge in [-0.25, -0.2) is 0 Å². The highest BCUT2D eigenvalue weighted by molar-refractivity contribution is 7.21. The SMILES string of the molecule is O=C(Nc1ccccc1)c1sc2cccc(OC(F)F)c2c1Cl. The molecule has 1 N–H and O–H groups in total. The van der Waals surface area contributed by atoms with E-state index in [-0.39, 0.29) is 15.6 Å². The van der Waals surface area contributed by atoms with Crippen molar-refractivity contribution in [2.75, 3.05) is 5.32 Å². The van der Waals surface area contributed by atoms with Gasteiger partial charge in [0.25, 0.3) is 5.91 Å². The van der Waals surface area contributed by atoms with E-state index in [9.17, 15) is 13.6 Å². The zero-order valence-corrected chi connectivity index (χ0v) is 13.1. The van der Waals surface area contributed by atoms with E-state index in [1.807, 2.05) is 6.07 Å². The molecule has 0 bridgehead atoms. The summed E-state index contributed by atoms with van der Waals surface area (Å²) in [6.45, 7) is -2.96. The molecule has 3 nitrogen and oxygen atoms in total. The van der Waals surface area contributed by atoms with Gasteiger partial charge in [-0.15, -0.1) is 11.3 Å². The summed E-state index contributed by atoms with van der Waals surface area (Å²) in [7, 11) is 0. The van der Waals surface area contributed by atoms with Gasteiger partial charge in [0, 0.05) is 10.4 Å². The minimum Gasteiger partial charge on any atom is -0.434 e. The van der Waals surface area contributed by atoms with E-state index in [2.05, 4.69) is 10.1 Å². The number of hydrogen-bond donors (Lipinski definition) is 1. The Hall–Kier alpha value is -2.18. The van der Waals surface area contributed by atoms with Crippen molar-refractivity contribution in [3.8, 4) is 5.75 Å². The first-order chi connectivity index (χ1) is 11.1. The highest BCUT2D eigenvalue weighted by atomic mass is 35.5. The molecule has 0 aliphatic rings. The van der Waals surface area contributed by atoms with E-state index >= 15 is 0 Å². The zero-order chi connectivity index (χ0) is 16.4. The maximum Gasteiger partial charge on any atom is 0.387 e. The van der Waals surface area contributed by atoms with Crippen LogP contribution >= 0.6 is 22.9 Å². The molecule has 23 heavy (non-hydrogen) atoms. The maximum absolute atomic E-state index is 12.5. The number of ether oxygens (including phenoxy) is 1.